The fourth-order valence-corrected chi connectivity index (χ4v) is 5.88. The van der Waals surface area contributed by atoms with Crippen LogP contribution in [0.15, 0.2) is 72.8 Å². The standard InChI is InChI=1S/C32H32ClIO8/c1-4-38-25-13-10-21(11-14-25)16-24-17-23(12-15-26(24)33)29-31(41-20(3)36)30(40-19(2)35)28(34)27(42-29)18-39-32(37)22-8-6-5-7-9-22/h5-15,17,27-31H,4,16,18H2,1-3H3. The monoisotopic (exact) mass is 706 g/mol. The van der Waals surface area contributed by atoms with Gasteiger partial charge in [0.2, 0.25) is 0 Å². The zero-order valence-corrected chi connectivity index (χ0v) is 26.4. The molecule has 0 saturated carbocycles. The molecule has 1 aliphatic heterocycles. The molecule has 222 valence electrons. The first-order valence-corrected chi connectivity index (χ1v) is 15.1. The number of benzene rings is 3. The predicted molar refractivity (Wildman–Crippen MR) is 165 cm³/mol. The Morgan fingerprint density at radius 1 is 0.905 bits per heavy atom. The zero-order chi connectivity index (χ0) is 30.2. The third-order valence-electron chi connectivity index (χ3n) is 6.63. The molecule has 0 amide bonds. The van der Waals surface area contributed by atoms with Crippen LogP contribution >= 0.6 is 34.2 Å². The van der Waals surface area contributed by atoms with Crippen molar-refractivity contribution in [3.05, 3.63) is 100 Å². The Bertz CT molecular complexity index is 1380. The molecule has 0 bridgehead atoms. The highest BCUT2D eigenvalue weighted by molar-refractivity contribution is 14.1. The second-order valence-corrected chi connectivity index (χ2v) is 11.6. The molecule has 8 nitrogen and oxygen atoms in total. The third-order valence-corrected chi connectivity index (χ3v) is 8.51. The Morgan fingerprint density at radius 2 is 1.57 bits per heavy atom. The van der Waals surface area contributed by atoms with Crippen LogP contribution in [0.3, 0.4) is 0 Å². The summed E-state index contributed by atoms with van der Waals surface area (Å²) < 4.78 is 28.5. The molecular weight excluding hydrogens is 675 g/mol. The van der Waals surface area contributed by atoms with Crippen molar-refractivity contribution in [2.24, 2.45) is 0 Å². The van der Waals surface area contributed by atoms with E-state index in [1.807, 2.05) is 43.3 Å². The molecule has 1 saturated heterocycles. The van der Waals surface area contributed by atoms with Crippen molar-refractivity contribution in [3.63, 3.8) is 0 Å². The van der Waals surface area contributed by atoms with Gasteiger partial charge >= 0.3 is 17.9 Å². The van der Waals surface area contributed by atoms with Crippen molar-refractivity contribution in [3.8, 4) is 5.75 Å². The molecule has 0 aliphatic carbocycles. The maximum atomic E-state index is 12.7. The molecule has 0 radical (unpaired) electrons. The van der Waals surface area contributed by atoms with Gasteiger partial charge in [-0.3, -0.25) is 9.59 Å². The van der Waals surface area contributed by atoms with Crippen molar-refractivity contribution >= 4 is 52.1 Å². The number of alkyl halides is 1. The highest BCUT2D eigenvalue weighted by atomic mass is 127. The van der Waals surface area contributed by atoms with Gasteiger partial charge in [-0.25, -0.2) is 4.79 Å². The summed E-state index contributed by atoms with van der Waals surface area (Å²) >= 11 is 8.69. The molecule has 1 fully saturated rings. The maximum Gasteiger partial charge on any atom is 0.338 e. The molecule has 0 N–H and O–H groups in total. The lowest BCUT2D eigenvalue weighted by atomic mass is 9.91. The maximum absolute atomic E-state index is 12.7. The van der Waals surface area contributed by atoms with Crippen LogP contribution in [0.25, 0.3) is 0 Å². The molecule has 3 aromatic rings. The molecule has 1 aliphatic rings. The summed E-state index contributed by atoms with van der Waals surface area (Å²) in [4.78, 5) is 37.0. The van der Waals surface area contributed by atoms with Crippen LogP contribution in [0.2, 0.25) is 5.02 Å². The smallest absolute Gasteiger partial charge is 0.338 e. The van der Waals surface area contributed by atoms with Crippen molar-refractivity contribution in [1.29, 1.82) is 0 Å². The second-order valence-electron chi connectivity index (χ2n) is 9.76. The molecule has 42 heavy (non-hydrogen) atoms. The SMILES string of the molecule is CCOc1ccc(Cc2cc(C3OC(COC(=O)c4ccccc4)C(I)C(OC(C)=O)C3OC(C)=O)ccc2Cl)cc1. The highest BCUT2D eigenvalue weighted by Gasteiger charge is 2.49. The van der Waals surface area contributed by atoms with E-state index in [0.717, 1.165) is 16.9 Å². The number of carbonyl (C=O) groups excluding carboxylic acids is 3. The summed E-state index contributed by atoms with van der Waals surface area (Å²) in [5.74, 6) is -0.807. The van der Waals surface area contributed by atoms with Gasteiger partial charge in [0.1, 0.15) is 24.6 Å². The summed E-state index contributed by atoms with van der Waals surface area (Å²) in [5, 5.41) is 0.559. The quantitative estimate of drug-likeness (QED) is 0.105. The van der Waals surface area contributed by atoms with Gasteiger partial charge in [0.25, 0.3) is 0 Å². The van der Waals surface area contributed by atoms with E-state index in [1.165, 1.54) is 13.8 Å². The van der Waals surface area contributed by atoms with E-state index >= 15 is 0 Å². The zero-order valence-electron chi connectivity index (χ0n) is 23.5. The molecular formula is C32H32ClIO8. The summed E-state index contributed by atoms with van der Waals surface area (Å²) in [7, 11) is 0. The van der Waals surface area contributed by atoms with E-state index in [-0.39, 0.29) is 6.61 Å². The van der Waals surface area contributed by atoms with Crippen LogP contribution in [0.4, 0.5) is 0 Å². The van der Waals surface area contributed by atoms with Crippen molar-refractivity contribution in [1.82, 2.24) is 0 Å². The summed E-state index contributed by atoms with van der Waals surface area (Å²) in [5.41, 5.74) is 2.93. The van der Waals surface area contributed by atoms with Crippen LogP contribution in [0, 0.1) is 0 Å². The van der Waals surface area contributed by atoms with Crippen molar-refractivity contribution in [2.75, 3.05) is 13.2 Å². The molecule has 3 aromatic carbocycles. The van der Waals surface area contributed by atoms with Crippen molar-refractivity contribution < 1.29 is 38.1 Å². The van der Waals surface area contributed by atoms with E-state index in [4.69, 9.17) is 35.3 Å². The van der Waals surface area contributed by atoms with Gasteiger partial charge < -0.3 is 23.7 Å². The van der Waals surface area contributed by atoms with Crippen LogP contribution in [-0.2, 0) is 35.0 Å². The number of hydrogen-bond acceptors (Lipinski definition) is 8. The van der Waals surface area contributed by atoms with Crippen LogP contribution in [0.1, 0.15) is 53.9 Å². The highest BCUT2D eigenvalue weighted by Crippen LogP contribution is 2.40. The number of esters is 3. The molecule has 0 spiro atoms. The van der Waals surface area contributed by atoms with Gasteiger partial charge in [0, 0.05) is 18.9 Å². The van der Waals surface area contributed by atoms with Crippen molar-refractivity contribution in [2.45, 2.75) is 55.5 Å². The first-order valence-electron chi connectivity index (χ1n) is 13.5. The molecule has 1 heterocycles. The van der Waals surface area contributed by atoms with Gasteiger partial charge in [-0.1, -0.05) is 76.7 Å². The number of rotatable bonds is 10. The van der Waals surface area contributed by atoms with E-state index in [9.17, 15) is 14.4 Å². The largest absolute Gasteiger partial charge is 0.494 e. The predicted octanol–water partition coefficient (Wildman–Crippen LogP) is 6.29. The summed E-state index contributed by atoms with van der Waals surface area (Å²) in [6.45, 7) is 4.99. The normalized spacial score (nSPS) is 21.7. The molecule has 10 heteroatoms. The number of carbonyl (C=O) groups is 3. The van der Waals surface area contributed by atoms with Gasteiger partial charge in [-0.2, -0.15) is 0 Å². The fraction of sp³-hybridized carbons (Fsp3) is 0.344. The minimum absolute atomic E-state index is 0.102. The molecule has 4 rings (SSSR count). The van der Waals surface area contributed by atoms with Gasteiger partial charge in [-0.15, -0.1) is 0 Å². The average molecular weight is 707 g/mol. The molecule has 5 atom stereocenters. The number of ether oxygens (including phenoxy) is 5. The van der Waals surface area contributed by atoms with E-state index < -0.39 is 46.2 Å². The Labute approximate surface area is 263 Å². The van der Waals surface area contributed by atoms with Gasteiger partial charge in [0.15, 0.2) is 12.2 Å². The Morgan fingerprint density at radius 3 is 2.21 bits per heavy atom. The molecule has 5 unspecified atom stereocenters. The van der Waals surface area contributed by atoms with Crippen LogP contribution in [-0.4, -0.2) is 53.4 Å². The second kappa shape index (κ2) is 14.8. The topological polar surface area (TPSA) is 97.4 Å². The fourth-order valence-electron chi connectivity index (χ4n) is 4.76. The lowest BCUT2D eigenvalue weighted by Crippen LogP contribution is -2.56. The number of halogens is 2. The Kier molecular flexibility index (Phi) is 11.2. The van der Waals surface area contributed by atoms with E-state index in [1.54, 1.807) is 36.4 Å². The van der Waals surface area contributed by atoms with Gasteiger partial charge in [-0.05, 0) is 60.4 Å². The van der Waals surface area contributed by atoms with Crippen LogP contribution in [0.5, 0.6) is 5.75 Å². The summed E-state index contributed by atoms with van der Waals surface area (Å²) in [6, 6.07) is 21.8. The van der Waals surface area contributed by atoms with Gasteiger partial charge in [0.05, 0.1) is 16.1 Å². The minimum atomic E-state index is -0.950. The Balaban J connectivity index is 1.63. The Hall–Kier alpha value is -3.15. The average Bonchev–Trinajstić information content (AvgIpc) is 2.97. The first-order chi connectivity index (χ1) is 20.2. The van der Waals surface area contributed by atoms with E-state index in [2.05, 4.69) is 22.6 Å². The van der Waals surface area contributed by atoms with Crippen LogP contribution < -0.4 is 4.74 Å². The minimum Gasteiger partial charge on any atom is -0.494 e. The summed E-state index contributed by atoms with van der Waals surface area (Å²) in [6.07, 6.45) is -2.79. The lowest BCUT2D eigenvalue weighted by molar-refractivity contribution is -0.208. The molecule has 0 aromatic heterocycles. The number of hydrogen-bond donors (Lipinski definition) is 0. The lowest BCUT2D eigenvalue weighted by Gasteiger charge is -2.43. The first kappa shape index (κ1) is 31.8. The van der Waals surface area contributed by atoms with E-state index in [0.29, 0.717) is 29.2 Å². The third kappa shape index (κ3) is 8.23.